The van der Waals surface area contributed by atoms with Gasteiger partial charge < -0.3 is 9.72 Å². The molecule has 142 valence electrons. The Morgan fingerprint density at radius 3 is 2.66 bits per heavy atom. The lowest BCUT2D eigenvalue weighted by Gasteiger charge is -2.10. The summed E-state index contributed by atoms with van der Waals surface area (Å²) >= 11 is 12.2. The zero-order valence-corrected chi connectivity index (χ0v) is 16.7. The fourth-order valence-corrected chi connectivity index (χ4v) is 3.33. The van der Waals surface area contributed by atoms with Gasteiger partial charge in [0.15, 0.2) is 0 Å². The summed E-state index contributed by atoms with van der Waals surface area (Å²) < 4.78 is 5.97. The van der Waals surface area contributed by atoms with Gasteiger partial charge in [-0.15, -0.1) is 0 Å². The average Bonchev–Trinajstić information content (AvgIpc) is 3.15. The number of nitriles is 1. The molecule has 3 aromatic carbocycles. The van der Waals surface area contributed by atoms with Gasteiger partial charge in [-0.2, -0.15) is 5.26 Å². The molecule has 0 amide bonds. The Balaban J connectivity index is 1.67. The van der Waals surface area contributed by atoms with Crippen LogP contribution in [0.4, 0.5) is 0 Å². The van der Waals surface area contributed by atoms with E-state index in [2.05, 4.69) is 16.0 Å². The second-order valence-electron chi connectivity index (χ2n) is 6.37. The third-order valence-corrected chi connectivity index (χ3v) is 4.79. The quantitative estimate of drug-likeness (QED) is 0.374. The number of hydrogen-bond acceptors (Lipinski definition) is 3. The van der Waals surface area contributed by atoms with Crippen LogP contribution in [0.2, 0.25) is 10.0 Å². The largest absolute Gasteiger partial charge is 0.488 e. The highest BCUT2D eigenvalue weighted by atomic mass is 35.5. The summed E-state index contributed by atoms with van der Waals surface area (Å²) in [4.78, 5) is 7.68. The van der Waals surface area contributed by atoms with Crippen molar-refractivity contribution in [3.63, 3.8) is 0 Å². The standard InChI is InChI=1S/C23H15Cl2N3O/c24-18-5-3-4-15(10-18)14-29-22-9-8-19(25)12-16(22)11-17(13-26)23-27-20-6-1-2-7-21(20)28-23/h1-12H,14H2,(H,27,28)/b17-11+. The van der Waals surface area contributed by atoms with E-state index in [0.29, 0.717) is 39.4 Å². The molecule has 4 aromatic rings. The summed E-state index contributed by atoms with van der Waals surface area (Å²) in [5.74, 6) is 1.10. The number of hydrogen-bond donors (Lipinski definition) is 1. The summed E-state index contributed by atoms with van der Waals surface area (Å²) in [6, 6.07) is 22.6. The molecule has 0 spiro atoms. The lowest BCUT2D eigenvalue weighted by molar-refractivity contribution is 0.305. The highest BCUT2D eigenvalue weighted by Gasteiger charge is 2.11. The average molecular weight is 420 g/mol. The van der Waals surface area contributed by atoms with E-state index in [1.54, 1.807) is 24.3 Å². The fourth-order valence-electron chi connectivity index (χ4n) is 2.94. The highest BCUT2D eigenvalue weighted by molar-refractivity contribution is 6.31. The topological polar surface area (TPSA) is 61.7 Å². The molecule has 0 aliphatic heterocycles. The minimum absolute atomic E-state index is 0.343. The van der Waals surface area contributed by atoms with Gasteiger partial charge in [-0.1, -0.05) is 47.5 Å². The van der Waals surface area contributed by atoms with Crippen LogP contribution in [0.3, 0.4) is 0 Å². The SMILES string of the molecule is N#C/C(=C\c1cc(Cl)ccc1OCc1cccc(Cl)c1)c1nc2ccccc2[nH]1. The van der Waals surface area contributed by atoms with E-state index < -0.39 is 0 Å². The third-order valence-electron chi connectivity index (χ3n) is 4.32. The van der Waals surface area contributed by atoms with Gasteiger partial charge in [0.25, 0.3) is 0 Å². The van der Waals surface area contributed by atoms with Crippen molar-refractivity contribution in [2.24, 2.45) is 0 Å². The van der Waals surface area contributed by atoms with Crippen LogP contribution in [0, 0.1) is 11.3 Å². The van der Waals surface area contributed by atoms with Crippen LogP contribution in [0.25, 0.3) is 22.7 Å². The summed E-state index contributed by atoms with van der Waals surface area (Å²) in [5, 5.41) is 10.9. The number of aromatic amines is 1. The van der Waals surface area contributed by atoms with E-state index >= 15 is 0 Å². The number of nitrogens with one attached hydrogen (secondary N) is 1. The smallest absolute Gasteiger partial charge is 0.149 e. The number of aromatic nitrogens is 2. The number of H-pyrrole nitrogens is 1. The summed E-state index contributed by atoms with van der Waals surface area (Å²) in [7, 11) is 0. The summed E-state index contributed by atoms with van der Waals surface area (Å²) in [6.45, 7) is 0.343. The van der Waals surface area contributed by atoms with Gasteiger partial charge in [0.05, 0.1) is 16.6 Å². The monoisotopic (exact) mass is 419 g/mol. The minimum Gasteiger partial charge on any atom is -0.488 e. The number of benzene rings is 3. The van der Waals surface area contributed by atoms with Crippen LogP contribution in [0.1, 0.15) is 17.0 Å². The van der Waals surface area contributed by atoms with E-state index in [-0.39, 0.29) is 0 Å². The predicted molar refractivity (Wildman–Crippen MR) is 117 cm³/mol. The van der Waals surface area contributed by atoms with E-state index in [4.69, 9.17) is 27.9 Å². The molecule has 4 rings (SSSR count). The Hall–Kier alpha value is -3.26. The fraction of sp³-hybridized carbons (Fsp3) is 0.0435. The van der Waals surface area contributed by atoms with E-state index in [9.17, 15) is 5.26 Å². The van der Waals surface area contributed by atoms with Crippen molar-refractivity contribution in [2.75, 3.05) is 0 Å². The zero-order valence-electron chi connectivity index (χ0n) is 15.2. The predicted octanol–water partition coefficient (Wildman–Crippen LogP) is 6.51. The molecule has 0 bridgehead atoms. The number of halogens is 2. The van der Waals surface area contributed by atoms with Gasteiger partial charge in [-0.3, -0.25) is 0 Å². The molecule has 0 fully saturated rings. The molecule has 0 aliphatic carbocycles. The normalized spacial score (nSPS) is 11.4. The molecular formula is C23H15Cl2N3O. The molecule has 29 heavy (non-hydrogen) atoms. The molecule has 6 heteroatoms. The molecule has 0 radical (unpaired) electrons. The molecule has 0 atom stereocenters. The van der Waals surface area contributed by atoms with Gasteiger partial charge in [0, 0.05) is 15.6 Å². The van der Waals surface area contributed by atoms with Crippen LogP contribution in [0.15, 0.2) is 66.7 Å². The minimum atomic E-state index is 0.343. The molecule has 1 aromatic heterocycles. The molecule has 1 N–H and O–H groups in total. The third kappa shape index (κ3) is 4.43. The van der Waals surface area contributed by atoms with Crippen molar-refractivity contribution in [2.45, 2.75) is 6.61 Å². The van der Waals surface area contributed by atoms with Crippen LogP contribution in [-0.4, -0.2) is 9.97 Å². The van der Waals surface area contributed by atoms with Crippen molar-refractivity contribution in [3.8, 4) is 11.8 Å². The molecule has 4 nitrogen and oxygen atoms in total. The first kappa shape index (κ1) is 19.1. The maximum absolute atomic E-state index is 9.70. The Labute approximate surface area is 178 Å². The van der Waals surface area contributed by atoms with E-state index in [1.165, 1.54) is 0 Å². The molecule has 0 unspecified atom stereocenters. The first-order valence-electron chi connectivity index (χ1n) is 8.86. The van der Waals surface area contributed by atoms with Gasteiger partial charge in [-0.25, -0.2) is 4.98 Å². The number of rotatable bonds is 5. The van der Waals surface area contributed by atoms with E-state index in [0.717, 1.165) is 16.6 Å². The van der Waals surface area contributed by atoms with Crippen LogP contribution >= 0.6 is 23.2 Å². The first-order chi connectivity index (χ1) is 14.1. The number of ether oxygens (including phenoxy) is 1. The van der Waals surface area contributed by atoms with Gasteiger partial charge in [0.1, 0.15) is 24.3 Å². The van der Waals surface area contributed by atoms with Gasteiger partial charge >= 0.3 is 0 Å². The first-order valence-corrected chi connectivity index (χ1v) is 9.62. The van der Waals surface area contributed by atoms with Crippen LogP contribution < -0.4 is 4.74 Å². The number of fused-ring (bicyclic) bond motifs is 1. The van der Waals surface area contributed by atoms with E-state index in [1.807, 2.05) is 48.5 Å². The lowest BCUT2D eigenvalue weighted by Crippen LogP contribution is -1.97. The maximum atomic E-state index is 9.70. The number of nitrogens with zero attached hydrogens (tertiary/aromatic N) is 2. The van der Waals surface area contributed by atoms with Crippen molar-refractivity contribution < 1.29 is 4.74 Å². The van der Waals surface area contributed by atoms with Crippen molar-refractivity contribution in [3.05, 3.63) is 93.7 Å². The molecule has 1 heterocycles. The number of para-hydroxylation sites is 2. The summed E-state index contributed by atoms with van der Waals surface area (Å²) in [5.41, 5.74) is 3.69. The Kier molecular flexibility index (Phi) is 5.53. The molecule has 0 aliphatic rings. The number of imidazole rings is 1. The van der Waals surface area contributed by atoms with Crippen LogP contribution in [-0.2, 0) is 6.61 Å². The maximum Gasteiger partial charge on any atom is 0.149 e. The highest BCUT2D eigenvalue weighted by Crippen LogP contribution is 2.28. The second-order valence-corrected chi connectivity index (χ2v) is 7.25. The molecule has 0 saturated carbocycles. The van der Waals surface area contributed by atoms with Crippen LogP contribution in [0.5, 0.6) is 5.75 Å². The lowest BCUT2D eigenvalue weighted by atomic mass is 10.1. The molecule has 0 saturated heterocycles. The van der Waals surface area contributed by atoms with Crippen molar-refractivity contribution in [1.82, 2.24) is 9.97 Å². The van der Waals surface area contributed by atoms with Crippen molar-refractivity contribution >= 4 is 45.9 Å². The number of allylic oxidation sites excluding steroid dienone is 1. The molecular weight excluding hydrogens is 405 g/mol. The Bertz CT molecular complexity index is 1220. The zero-order chi connectivity index (χ0) is 20.2. The van der Waals surface area contributed by atoms with Gasteiger partial charge in [0.2, 0.25) is 0 Å². The van der Waals surface area contributed by atoms with Crippen molar-refractivity contribution in [1.29, 1.82) is 5.26 Å². The Morgan fingerprint density at radius 1 is 1.03 bits per heavy atom. The Morgan fingerprint density at radius 2 is 1.86 bits per heavy atom. The summed E-state index contributed by atoms with van der Waals surface area (Å²) in [6.07, 6.45) is 1.72. The second kappa shape index (κ2) is 8.40. The van der Waals surface area contributed by atoms with Gasteiger partial charge in [-0.05, 0) is 54.1 Å².